The number of ether oxygens (including phenoxy) is 4. The Bertz CT molecular complexity index is 1910. The number of carbonyl (C=O) groups excluding carboxylic acids is 4. The van der Waals surface area contributed by atoms with Crippen molar-refractivity contribution in [3.8, 4) is 0 Å². The fourth-order valence-electron chi connectivity index (χ4n) is 12.6. The molecule has 594 valence electrons. The molecule has 19 heteroatoms. The molecule has 0 aromatic carbocycles. The van der Waals surface area contributed by atoms with Gasteiger partial charge in [-0.15, -0.1) is 0 Å². The first kappa shape index (κ1) is 98.1. The van der Waals surface area contributed by atoms with Gasteiger partial charge in [-0.3, -0.25) is 37.3 Å². The van der Waals surface area contributed by atoms with E-state index in [1.54, 1.807) is 0 Å². The van der Waals surface area contributed by atoms with Crippen molar-refractivity contribution in [3.05, 3.63) is 0 Å². The Balaban J connectivity index is 5.11. The number of aliphatic hydroxyl groups excluding tert-OH is 1. The van der Waals surface area contributed by atoms with Crippen molar-refractivity contribution in [2.24, 2.45) is 5.92 Å². The molecule has 100 heavy (non-hydrogen) atoms. The third kappa shape index (κ3) is 74.3. The summed E-state index contributed by atoms with van der Waals surface area (Å²) in [4.78, 5) is 72.7. The molecule has 0 saturated carbocycles. The zero-order valence-corrected chi connectivity index (χ0v) is 67.1. The molecule has 0 aliphatic heterocycles. The zero-order valence-electron chi connectivity index (χ0n) is 65.3. The molecule has 3 N–H and O–H groups in total. The number of hydrogen-bond acceptors (Lipinski definition) is 15. The summed E-state index contributed by atoms with van der Waals surface area (Å²) >= 11 is 0. The van der Waals surface area contributed by atoms with E-state index in [2.05, 4.69) is 34.6 Å². The quantitative estimate of drug-likeness (QED) is 0.0222. The van der Waals surface area contributed by atoms with Crippen LogP contribution >= 0.6 is 15.6 Å². The lowest BCUT2D eigenvalue weighted by Gasteiger charge is -2.21. The Kier molecular flexibility index (Phi) is 72.5. The van der Waals surface area contributed by atoms with Gasteiger partial charge in [-0.2, -0.15) is 0 Å². The Morgan fingerprint density at radius 3 is 0.680 bits per heavy atom. The highest BCUT2D eigenvalue weighted by molar-refractivity contribution is 7.47. The van der Waals surface area contributed by atoms with Gasteiger partial charge in [0.25, 0.3) is 0 Å². The molecule has 0 aromatic heterocycles. The highest BCUT2D eigenvalue weighted by Crippen LogP contribution is 2.45. The largest absolute Gasteiger partial charge is 0.472 e. The lowest BCUT2D eigenvalue weighted by molar-refractivity contribution is -0.161. The third-order valence-electron chi connectivity index (χ3n) is 19.0. The van der Waals surface area contributed by atoms with Crippen LogP contribution in [0.2, 0.25) is 0 Å². The molecular weight excluding hydrogens is 1310 g/mol. The minimum Gasteiger partial charge on any atom is -0.462 e. The summed E-state index contributed by atoms with van der Waals surface area (Å²) in [5.74, 6) is -1.30. The number of carbonyl (C=O) groups is 4. The standard InChI is InChI=1S/C81H158O17P2/c1-6-9-12-15-17-19-21-23-25-27-31-35-38-42-46-50-55-60-65-79(84)92-71-77(98-81(86)67-62-57-52-48-44-40-36-32-29-28-30-33-37-41-45-49-54-58-63-74(4)5)73-96-100(89,90)94-69-75(82)68-93-99(87,88)95-72-76(70-91-78(83)64-59-53-14-11-8-3)97-80(85)66-61-56-51-47-43-39-34-26-24-22-20-18-16-13-10-7-2/h74-77,82H,6-73H2,1-5H3,(H,87,88)(H,89,90)/t75-,76+,77+/m0/s1. The van der Waals surface area contributed by atoms with Gasteiger partial charge in [0.1, 0.15) is 19.3 Å². The van der Waals surface area contributed by atoms with Crippen LogP contribution in [0.1, 0.15) is 433 Å². The lowest BCUT2D eigenvalue weighted by atomic mass is 10.0. The highest BCUT2D eigenvalue weighted by atomic mass is 31.2. The maximum Gasteiger partial charge on any atom is 0.472 e. The Hall–Kier alpha value is -1.94. The van der Waals surface area contributed by atoms with Crippen LogP contribution in [0.3, 0.4) is 0 Å². The smallest absolute Gasteiger partial charge is 0.462 e. The van der Waals surface area contributed by atoms with E-state index in [4.69, 9.17) is 37.0 Å². The Morgan fingerprint density at radius 2 is 0.460 bits per heavy atom. The normalized spacial score (nSPS) is 13.8. The monoisotopic (exact) mass is 1470 g/mol. The highest BCUT2D eigenvalue weighted by Gasteiger charge is 2.30. The van der Waals surface area contributed by atoms with Gasteiger partial charge < -0.3 is 33.8 Å². The lowest BCUT2D eigenvalue weighted by Crippen LogP contribution is -2.30. The first-order valence-corrected chi connectivity index (χ1v) is 45.1. The van der Waals surface area contributed by atoms with Gasteiger partial charge in [0.05, 0.1) is 26.4 Å². The van der Waals surface area contributed by atoms with Crippen molar-refractivity contribution >= 4 is 39.5 Å². The second-order valence-electron chi connectivity index (χ2n) is 29.6. The van der Waals surface area contributed by atoms with Crippen molar-refractivity contribution < 1.29 is 80.2 Å². The number of esters is 4. The van der Waals surface area contributed by atoms with Crippen molar-refractivity contribution in [1.29, 1.82) is 0 Å². The Labute approximate surface area is 613 Å². The van der Waals surface area contributed by atoms with Crippen LogP contribution in [0, 0.1) is 5.92 Å². The number of hydrogen-bond donors (Lipinski definition) is 3. The second kappa shape index (κ2) is 73.9. The van der Waals surface area contributed by atoms with Crippen molar-refractivity contribution in [3.63, 3.8) is 0 Å². The predicted molar refractivity (Wildman–Crippen MR) is 409 cm³/mol. The number of unbranched alkanes of at least 4 members (excludes halogenated alkanes) is 53. The number of aliphatic hydroxyl groups is 1. The number of rotatable bonds is 81. The van der Waals surface area contributed by atoms with E-state index in [1.165, 1.54) is 250 Å². The van der Waals surface area contributed by atoms with Gasteiger partial charge in [-0.05, 0) is 31.6 Å². The van der Waals surface area contributed by atoms with E-state index in [1.807, 2.05) is 0 Å². The van der Waals surface area contributed by atoms with Gasteiger partial charge in [-0.1, -0.05) is 381 Å². The minimum absolute atomic E-state index is 0.108. The van der Waals surface area contributed by atoms with Crippen LogP contribution in [0.5, 0.6) is 0 Å². The van der Waals surface area contributed by atoms with Crippen LogP contribution in [-0.4, -0.2) is 96.7 Å². The topological polar surface area (TPSA) is 237 Å². The van der Waals surface area contributed by atoms with Crippen LogP contribution in [0.25, 0.3) is 0 Å². The van der Waals surface area contributed by atoms with Crippen molar-refractivity contribution in [2.45, 2.75) is 451 Å². The molecule has 0 rings (SSSR count). The third-order valence-corrected chi connectivity index (χ3v) is 20.9. The summed E-state index contributed by atoms with van der Waals surface area (Å²) in [5.41, 5.74) is 0. The summed E-state index contributed by atoms with van der Waals surface area (Å²) in [7, 11) is -9.91. The maximum atomic E-state index is 13.1. The number of phosphoric acid groups is 2. The van der Waals surface area contributed by atoms with E-state index in [9.17, 15) is 43.2 Å². The summed E-state index contributed by atoms with van der Waals surface area (Å²) in [6.45, 7) is 7.28. The van der Waals surface area contributed by atoms with Gasteiger partial charge in [0.2, 0.25) is 0 Å². The maximum absolute atomic E-state index is 13.1. The molecule has 0 spiro atoms. The van der Waals surface area contributed by atoms with Crippen molar-refractivity contribution in [2.75, 3.05) is 39.6 Å². The SMILES string of the molecule is CCCCCCCCCCCCCCCCCCCCC(=O)OC[C@H](COP(=O)(O)OC[C@@H](O)COP(=O)(O)OC[C@@H](COC(=O)CCCCCCC)OC(=O)CCCCCCCCCCCCCCCCCC)OC(=O)CCCCCCCCCCCCCCCCCCCCC(C)C. The second-order valence-corrected chi connectivity index (χ2v) is 32.5. The fourth-order valence-corrected chi connectivity index (χ4v) is 14.2. The van der Waals surface area contributed by atoms with E-state index in [-0.39, 0.29) is 25.7 Å². The zero-order chi connectivity index (χ0) is 73.4. The molecule has 17 nitrogen and oxygen atoms in total. The van der Waals surface area contributed by atoms with Gasteiger partial charge in [0, 0.05) is 25.7 Å². The predicted octanol–water partition coefficient (Wildman–Crippen LogP) is 24.4. The average Bonchev–Trinajstić information content (AvgIpc) is 1.02. The number of phosphoric ester groups is 2. The van der Waals surface area contributed by atoms with E-state index >= 15 is 0 Å². The minimum atomic E-state index is -4.96. The molecule has 0 fully saturated rings. The van der Waals surface area contributed by atoms with Gasteiger partial charge in [0.15, 0.2) is 12.2 Å². The molecule has 0 heterocycles. The summed E-state index contributed by atoms with van der Waals surface area (Å²) in [6, 6.07) is 0. The Morgan fingerprint density at radius 1 is 0.270 bits per heavy atom. The van der Waals surface area contributed by atoms with Crippen LogP contribution in [0.4, 0.5) is 0 Å². The molecular formula is C81H158O17P2. The molecule has 0 radical (unpaired) electrons. The molecule has 0 aromatic rings. The molecule has 0 saturated heterocycles. The van der Waals surface area contributed by atoms with Gasteiger partial charge >= 0.3 is 39.5 Å². The molecule has 2 unspecified atom stereocenters. The summed E-state index contributed by atoms with van der Waals surface area (Å²) in [5, 5.41) is 10.6. The van der Waals surface area contributed by atoms with Crippen LogP contribution < -0.4 is 0 Å². The summed E-state index contributed by atoms with van der Waals surface area (Å²) in [6.07, 6.45) is 65.7. The first-order valence-electron chi connectivity index (χ1n) is 42.1. The molecule has 0 amide bonds. The molecule has 5 atom stereocenters. The van der Waals surface area contributed by atoms with E-state index in [0.717, 1.165) is 102 Å². The average molecular weight is 1470 g/mol. The fraction of sp³-hybridized carbons (Fsp3) is 0.951. The summed E-state index contributed by atoms with van der Waals surface area (Å²) < 4.78 is 68.5. The first-order chi connectivity index (χ1) is 48.5. The molecule has 0 aliphatic rings. The van der Waals surface area contributed by atoms with Crippen LogP contribution in [0.15, 0.2) is 0 Å². The van der Waals surface area contributed by atoms with E-state index in [0.29, 0.717) is 25.7 Å². The molecule has 0 bridgehead atoms. The molecule has 0 aliphatic carbocycles. The van der Waals surface area contributed by atoms with Crippen LogP contribution in [-0.2, 0) is 65.4 Å². The van der Waals surface area contributed by atoms with Crippen molar-refractivity contribution in [1.82, 2.24) is 0 Å². The van der Waals surface area contributed by atoms with Gasteiger partial charge in [-0.25, -0.2) is 9.13 Å². The van der Waals surface area contributed by atoms with E-state index < -0.39 is 97.5 Å².